The summed E-state index contributed by atoms with van der Waals surface area (Å²) in [5.41, 5.74) is 1.42. The summed E-state index contributed by atoms with van der Waals surface area (Å²) in [6, 6.07) is 0. The molecule has 0 saturated heterocycles. The molecule has 0 atom stereocenters. The van der Waals surface area contributed by atoms with Crippen molar-refractivity contribution in [1.29, 1.82) is 0 Å². The van der Waals surface area contributed by atoms with Crippen LogP contribution in [-0.2, 0) is 14.3 Å². The average Bonchev–Trinajstić information content (AvgIpc) is 2.70. The van der Waals surface area contributed by atoms with Gasteiger partial charge in [-0.1, -0.05) is 0 Å². The molecule has 0 fully saturated rings. The van der Waals surface area contributed by atoms with Crippen molar-refractivity contribution in [2.45, 2.75) is 33.8 Å². The summed E-state index contributed by atoms with van der Waals surface area (Å²) in [5, 5.41) is 2.34. The van der Waals surface area contributed by atoms with Gasteiger partial charge < -0.3 is 19.8 Å². The van der Waals surface area contributed by atoms with E-state index in [4.69, 9.17) is 9.47 Å². The second kappa shape index (κ2) is 6.92. The average molecular weight is 296 g/mol. The molecule has 0 aromatic carbocycles. The van der Waals surface area contributed by atoms with Gasteiger partial charge in [-0.3, -0.25) is 4.79 Å². The molecule has 0 spiro atoms. The highest BCUT2D eigenvalue weighted by Crippen LogP contribution is 2.20. The smallest absolute Gasteiger partial charge is 0.355 e. The van der Waals surface area contributed by atoms with Crippen LogP contribution >= 0.6 is 0 Å². The summed E-state index contributed by atoms with van der Waals surface area (Å²) in [7, 11) is 1.44. The van der Waals surface area contributed by atoms with E-state index in [0.29, 0.717) is 16.8 Å². The molecule has 1 amide bonds. The first-order chi connectivity index (χ1) is 9.77. The topological polar surface area (TPSA) is 97.5 Å². The van der Waals surface area contributed by atoms with E-state index in [1.54, 1.807) is 27.7 Å². The lowest BCUT2D eigenvalue weighted by Gasteiger charge is -2.08. The number of aryl methyl sites for hydroxylation is 1. The Kier molecular flexibility index (Phi) is 5.52. The fraction of sp³-hybridized carbons (Fsp3) is 0.500. The molecule has 116 valence electrons. The van der Waals surface area contributed by atoms with Crippen molar-refractivity contribution in [2.75, 3.05) is 13.7 Å². The van der Waals surface area contributed by atoms with Crippen molar-refractivity contribution < 1.29 is 23.9 Å². The lowest BCUT2D eigenvalue weighted by atomic mass is 10.1. The first-order valence-corrected chi connectivity index (χ1v) is 6.55. The van der Waals surface area contributed by atoms with Crippen LogP contribution in [0.15, 0.2) is 0 Å². The Morgan fingerprint density at radius 3 is 2.33 bits per heavy atom. The lowest BCUT2D eigenvalue weighted by Crippen LogP contribution is -2.25. The monoisotopic (exact) mass is 296 g/mol. The number of ether oxygens (including phenoxy) is 2. The predicted molar refractivity (Wildman–Crippen MR) is 75.2 cm³/mol. The van der Waals surface area contributed by atoms with Crippen LogP contribution in [0.25, 0.3) is 0 Å². The Balaban J connectivity index is 2.93. The van der Waals surface area contributed by atoms with Gasteiger partial charge in [-0.25, -0.2) is 9.59 Å². The van der Waals surface area contributed by atoms with Crippen molar-refractivity contribution in [1.82, 2.24) is 10.3 Å². The van der Waals surface area contributed by atoms with E-state index < -0.39 is 17.8 Å². The first-order valence-electron chi connectivity index (χ1n) is 6.55. The van der Waals surface area contributed by atoms with Gasteiger partial charge in [0, 0.05) is 12.7 Å². The number of carbonyl (C=O) groups excluding carboxylic acids is 3. The van der Waals surface area contributed by atoms with E-state index in [1.807, 2.05) is 0 Å². The van der Waals surface area contributed by atoms with E-state index in [2.05, 4.69) is 10.3 Å². The normalized spacial score (nSPS) is 10.4. The van der Waals surface area contributed by atoms with Crippen molar-refractivity contribution >= 4 is 17.8 Å². The zero-order chi connectivity index (χ0) is 16.2. The number of aromatic amines is 1. The summed E-state index contributed by atoms with van der Waals surface area (Å²) in [4.78, 5) is 37.8. The Bertz CT molecular complexity index is 560. The minimum Gasteiger partial charge on any atom is -0.459 e. The predicted octanol–water partition coefficient (Wildman–Crippen LogP) is 1.10. The maximum absolute atomic E-state index is 12.0. The lowest BCUT2D eigenvalue weighted by molar-refractivity contribution is -0.123. The molecule has 0 bridgehead atoms. The Morgan fingerprint density at radius 2 is 1.81 bits per heavy atom. The van der Waals surface area contributed by atoms with Crippen LogP contribution in [-0.4, -0.2) is 42.6 Å². The minimum atomic E-state index is -0.692. The molecule has 7 nitrogen and oxygen atoms in total. The van der Waals surface area contributed by atoms with Crippen molar-refractivity contribution in [3.63, 3.8) is 0 Å². The highest BCUT2D eigenvalue weighted by Gasteiger charge is 2.24. The van der Waals surface area contributed by atoms with Gasteiger partial charge in [0.15, 0.2) is 6.61 Å². The highest BCUT2D eigenvalue weighted by molar-refractivity contribution is 5.99. The second-order valence-corrected chi connectivity index (χ2v) is 4.83. The number of hydrogen-bond donors (Lipinski definition) is 2. The van der Waals surface area contributed by atoms with Gasteiger partial charge in [0.05, 0.1) is 11.7 Å². The minimum absolute atomic E-state index is 0.145. The number of carbonyl (C=O) groups is 3. The van der Waals surface area contributed by atoms with Crippen LogP contribution in [0, 0.1) is 13.8 Å². The van der Waals surface area contributed by atoms with Gasteiger partial charge in [-0.05, 0) is 33.3 Å². The first kappa shape index (κ1) is 16.7. The number of esters is 2. The van der Waals surface area contributed by atoms with E-state index in [1.165, 1.54) is 7.05 Å². The van der Waals surface area contributed by atoms with Crippen LogP contribution in [0.1, 0.15) is 46.0 Å². The standard InChI is InChI=1S/C14H20N2O5/c1-7(2)21-13(18)11-8(3)12(16-9(11)4)14(19)20-6-10(17)15-5/h7,16H,6H2,1-5H3,(H,15,17). The molecule has 0 aliphatic heterocycles. The highest BCUT2D eigenvalue weighted by atomic mass is 16.5. The van der Waals surface area contributed by atoms with Gasteiger partial charge in [0.25, 0.3) is 5.91 Å². The fourth-order valence-corrected chi connectivity index (χ4v) is 1.81. The molecule has 2 N–H and O–H groups in total. The van der Waals surface area contributed by atoms with Crippen LogP contribution in [0.2, 0.25) is 0 Å². The second-order valence-electron chi connectivity index (χ2n) is 4.83. The number of hydrogen-bond acceptors (Lipinski definition) is 5. The van der Waals surface area contributed by atoms with Crippen LogP contribution in [0.3, 0.4) is 0 Å². The SMILES string of the molecule is CNC(=O)COC(=O)c1[nH]c(C)c(C(=O)OC(C)C)c1C. The summed E-state index contributed by atoms with van der Waals surface area (Å²) < 4.78 is 9.99. The summed E-state index contributed by atoms with van der Waals surface area (Å²) in [6.07, 6.45) is -0.255. The number of nitrogens with one attached hydrogen (secondary N) is 2. The van der Waals surface area contributed by atoms with E-state index >= 15 is 0 Å². The molecule has 0 aliphatic carbocycles. The molecule has 21 heavy (non-hydrogen) atoms. The third-order valence-corrected chi connectivity index (χ3v) is 2.80. The quantitative estimate of drug-likeness (QED) is 0.793. The van der Waals surface area contributed by atoms with Crippen molar-refractivity contribution in [2.24, 2.45) is 0 Å². The number of H-pyrrole nitrogens is 1. The number of aromatic nitrogens is 1. The zero-order valence-corrected chi connectivity index (χ0v) is 12.8. The van der Waals surface area contributed by atoms with E-state index in [0.717, 1.165) is 0 Å². The van der Waals surface area contributed by atoms with Gasteiger partial charge in [-0.2, -0.15) is 0 Å². The van der Waals surface area contributed by atoms with Gasteiger partial charge >= 0.3 is 11.9 Å². The molecule has 1 aromatic rings. The maximum atomic E-state index is 12.0. The van der Waals surface area contributed by atoms with Crippen molar-refractivity contribution in [3.8, 4) is 0 Å². The molecular weight excluding hydrogens is 276 g/mol. The summed E-state index contributed by atoms with van der Waals surface area (Å²) in [5.74, 6) is -1.60. The van der Waals surface area contributed by atoms with Gasteiger partial charge in [0.1, 0.15) is 5.69 Å². The van der Waals surface area contributed by atoms with E-state index in [9.17, 15) is 14.4 Å². The third kappa shape index (κ3) is 4.08. The largest absolute Gasteiger partial charge is 0.459 e. The van der Waals surface area contributed by atoms with Crippen LogP contribution in [0.4, 0.5) is 0 Å². The molecule has 1 heterocycles. The van der Waals surface area contributed by atoms with Crippen LogP contribution in [0.5, 0.6) is 0 Å². The molecule has 0 aliphatic rings. The Hall–Kier alpha value is -2.31. The third-order valence-electron chi connectivity index (χ3n) is 2.80. The Labute approximate surface area is 123 Å². The number of amides is 1. The number of likely N-dealkylation sites (N-methyl/N-ethyl adjacent to an activating group) is 1. The maximum Gasteiger partial charge on any atom is 0.355 e. The van der Waals surface area contributed by atoms with Gasteiger partial charge in [-0.15, -0.1) is 0 Å². The molecule has 0 radical (unpaired) electrons. The fourth-order valence-electron chi connectivity index (χ4n) is 1.81. The number of rotatable bonds is 5. The van der Waals surface area contributed by atoms with Crippen LogP contribution < -0.4 is 5.32 Å². The summed E-state index contributed by atoms with van der Waals surface area (Å²) >= 11 is 0. The molecule has 1 rings (SSSR count). The molecule has 0 unspecified atom stereocenters. The molecule has 7 heteroatoms. The molecular formula is C14H20N2O5. The zero-order valence-electron chi connectivity index (χ0n) is 12.8. The summed E-state index contributed by atoms with van der Waals surface area (Å²) in [6.45, 7) is 6.40. The molecule has 1 aromatic heterocycles. The van der Waals surface area contributed by atoms with Crippen molar-refractivity contribution in [3.05, 3.63) is 22.5 Å². The van der Waals surface area contributed by atoms with Gasteiger partial charge in [0.2, 0.25) is 0 Å². The van der Waals surface area contributed by atoms with E-state index in [-0.39, 0.29) is 18.4 Å². The Morgan fingerprint density at radius 1 is 1.19 bits per heavy atom. The molecule has 0 saturated carbocycles.